The first-order valence-corrected chi connectivity index (χ1v) is 8.70. The predicted molar refractivity (Wildman–Crippen MR) is 87.3 cm³/mol. The second-order valence-electron chi connectivity index (χ2n) is 7.51. The van der Waals surface area contributed by atoms with Gasteiger partial charge in [0, 0.05) is 19.0 Å². The van der Waals surface area contributed by atoms with Gasteiger partial charge in [-0.1, -0.05) is 12.1 Å². The number of carbonyl (C=O) groups is 2. The van der Waals surface area contributed by atoms with E-state index in [-0.39, 0.29) is 40.8 Å². The minimum Gasteiger partial charge on any atom is -0.508 e. The Labute approximate surface area is 141 Å². The fourth-order valence-electron chi connectivity index (χ4n) is 4.37. The zero-order chi connectivity index (χ0) is 16.9. The molecule has 1 saturated heterocycles. The van der Waals surface area contributed by atoms with Crippen LogP contribution in [0.15, 0.2) is 24.3 Å². The maximum atomic E-state index is 12.7. The van der Waals surface area contributed by atoms with Gasteiger partial charge in [-0.25, -0.2) is 0 Å². The molecule has 0 radical (unpaired) electrons. The standard InChI is InChI=1S/C19H23NO4/c1-24-18(23)16-11-19(16)5-7-20(8-6-19)17(22)15-10-14(15)12-3-2-4-13(21)9-12/h2-4,9,14-16,21H,5-8,10-11H2,1H3/t14-,15+,16+/m1/s1. The molecule has 1 spiro atoms. The van der Waals surface area contributed by atoms with Crippen LogP contribution in [0.4, 0.5) is 0 Å². The third-order valence-electron chi connectivity index (χ3n) is 6.15. The zero-order valence-corrected chi connectivity index (χ0v) is 13.9. The number of ether oxygens (including phenoxy) is 1. The lowest BCUT2D eigenvalue weighted by Gasteiger charge is -2.33. The minimum absolute atomic E-state index is 0.0423. The van der Waals surface area contributed by atoms with E-state index in [4.69, 9.17) is 4.74 Å². The van der Waals surface area contributed by atoms with Crippen molar-refractivity contribution in [2.24, 2.45) is 17.3 Å². The first kappa shape index (κ1) is 15.5. The Hall–Kier alpha value is -2.04. The zero-order valence-electron chi connectivity index (χ0n) is 13.9. The Morgan fingerprint density at radius 1 is 1.29 bits per heavy atom. The number of phenolic OH excluding ortho intramolecular Hbond substituents is 1. The molecule has 2 saturated carbocycles. The number of aromatic hydroxyl groups is 1. The average molecular weight is 329 g/mol. The van der Waals surface area contributed by atoms with Gasteiger partial charge in [-0.3, -0.25) is 9.59 Å². The first-order valence-electron chi connectivity index (χ1n) is 8.70. The van der Waals surface area contributed by atoms with E-state index >= 15 is 0 Å². The molecule has 3 fully saturated rings. The van der Waals surface area contributed by atoms with Gasteiger partial charge in [-0.2, -0.15) is 0 Å². The number of amides is 1. The monoisotopic (exact) mass is 329 g/mol. The van der Waals surface area contributed by atoms with Crippen LogP contribution in [0.25, 0.3) is 0 Å². The summed E-state index contributed by atoms with van der Waals surface area (Å²) < 4.78 is 4.86. The molecule has 1 N–H and O–H groups in total. The van der Waals surface area contributed by atoms with Crippen molar-refractivity contribution in [1.29, 1.82) is 0 Å². The molecule has 128 valence electrons. The highest BCUT2D eigenvalue weighted by Crippen LogP contribution is 2.60. The second-order valence-corrected chi connectivity index (χ2v) is 7.51. The number of methoxy groups -OCH3 is 1. The molecule has 3 atom stereocenters. The molecule has 1 heterocycles. The second kappa shape index (κ2) is 5.50. The molecule has 0 aromatic heterocycles. The molecule has 1 aliphatic heterocycles. The molecule has 5 nitrogen and oxygen atoms in total. The number of carbonyl (C=O) groups excluding carboxylic acids is 2. The Morgan fingerprint density at radius 2 is 2.04 bits per heavy atom. The average Bonchev–Trinajstić information content (AvgIpc) is 3.50. The lowest BCUT2D eigenvalue weighted by Crippen LogP contribution is -2.41. The summed E-state index contributed by atoms with van der Waals surface area (Å²) in [4.78, 5) is 26.4. The number of nitrogens with zero attached hydrogens (tertiary/aromatic N) is 1. The number of phenols is 1. The van der Waals surface area contributed by atoms with Crippen LogP contribution >= 0.6 is 0 Å². The van der Waals surface area contributed by atoms with Gasteiger partial charge in [0.05, 0.1) is 13.0 Å². The van der Waals surface area contributed by atoms with Crippen LogP contribution in [0, 0.1) is 17.3 Å². The molecule has 0 unspecified atom stereocenters. The smallest absolute Gasteiger partial charge is 0.309 e. The molecular weight excluding hydrogens is 306 g/mol. The summed E-state index contributed by atoms with van der Waals surface area (Å²) in [5.74, 6) is 0.726. The molecular formula is C19H23NO4. The number of hydrogen-bond acceptors (Lipinski definition) is 4. The van der Waals surface area contributed by atoms with Crippen LogP contribution in [0.5, 0.6) is 5.75 Å². The van der Waals surface area contributed by atoms with Crippen LogP contribution in [-0.4, -0.2) is 42.1 Å². The van der Waals surface area contributed by atoms with E-state index in [1.807, 2.05) is 17.0 Å². The molecule has 5 heteroatoms. The van der Waals surface area contributed by atoms with Crippen LogP contribution in [0.3, 0.4) is 0 Å². The third kappa shape index (κ3) is 2.56. The summed E-state index contributed by atoms with van der Waals surface area (Å²) in [5, 5.41) is 9.58. The Balaban J connectivity index is 1.33. The van der Waals surface area contributed by atoms with Crippen LogP contribution in [-0.2, 0) is 14.3 Å². The fourth-order valence-corrected chi connectivity index (χ4v) is 4.37. The van der Waals surface area contributed by atoms with Crippen molar-refractivity contribution in [2.45, 2.75) is 31.6 Å². The lowest BCUT2D eigenvalue weighted by atomic mass is 9.90. The number of hydrogen-bond donors (Lipinski definition) is 1. The molecule has 3 aliphatic rings. The van der Waals surface area contributed by atoms with Crippen molar-refractivity contribution >= 4 is 11.9 Å². The lowest BCUT2D eigenvalue weighted by molar-refractivity contribution is -0.143. The van der Waals surface area contributed by atoms with E-state index in [9.17, 15) is 14.7 Å². The van der Waals surface area contributed by atoms with E-state index in [2.05, 4.69) is 0 Å². The maximum absolute atomic E-state index is 12.7. The van der Waals surface area contributed by atoms with Gasteiger partial charge in [-0.05, 0) is 54.7 Å². The van der Waals surface area contributed by atoms with Crippen molar-refractivity contribution in [1.82, 2.24) is 4.90 Å². The Morgan fingerprint density at radius 3 is 2.71 bits per heavy atom. The van der Waals surface area contributed by atoms with Gasteiger partial charge in [0.15, 0.2) is 0 Å². The largest absolute Gasteiger partial charge is 0.508 e. The van der Waals surface area contributed by atoms with Crippen molar-refractivity contribution in [3.05, 3.63) is 29.8 Å². The first-order chi connectivity index (χ1) is 11.5. The highest BCUT2D eigenvalue weighted by Gasteiger charge is 2.60. The highest BCUT2D eigenvalue weighted by atomic mass is 16.5. The molecule has 2 aliphatic carbocycles. The number of esters is 1. The van der Waals surface area contributed by atoms with E-state index in [0.717, 1.165) is 44.3 Å². The summed E-state index contributed by atoms with van der Waals surface area (Å²) in [6.45, 7) is 1.49. The van der Waals surface area contributed by atoms with E-state index in [1.165, 1.54) is 7.11 Å². The topological polar surface area (TPSA) is 66.8 Å². The molecule has 1 amide bonds. The summed E-state index contributed by atoms with van der Waals surface area (Å²) in [6, 6.07) is 7.22. The highest BCUT2D eigenvalue weighted by molar-refractivity contribution is 5.83. The van der Waals surface area contributed by atoms with Crippen molar-refractivity contribution in [3.63, 3.8) is 0 Å². The summed E-state index contributed by atoms with van der Waals surface area (Å²) in [5.41, 5.74) is 1.15. The molecule has 4 rings (SSSR count). The van der Waals surface area contributed by atoms with Gasteiger partial charge in [0.25, 0.3) is 0 Å². The van der Waals surface area contributed by atoms with Gasteiger partial charge < -0.3 is 14.7 Å². The van der Waals surface area contributed by atoms with Crippen LogP contribution in [0.1, 0.15) is 37.2 Å². The summed E-state index contributed by atoms with van der Waals surface area (Å²) in [6.07, 6.45) is 3.59. The minimum atomic E-state index is -0.0964. The molecule has 0 bridgehead atoms. The Kier molecular flexibility index (Phi) is 3.55. The van der Waals surface area contributed by atoms with E-state index in [0.29, 0.717) is 0 Å². The van der Waals surface area contributed by atoms with Crippen LogP contribution < -0.4 is 0 Å². The van der Waals surface area contributed by atoms with Gasteiger partial charge in [0.1, 0.15) is 5.75 Å². The van der Waals surface area contributed by atoms with E-state index < -0.39 is 0 Å². The van der Waals surface area contributed by atoms with Crippen molar-refractivity contribution in [3.8, 4) is 5.75 Å². The summed E-state index contributed by atoms with van der Waals surface area (Å²) in [7, 11) is 1.45. The molecule has 1 aromatic carbocycles. The normalized spacial score (nSPS) is 30.0. The van der Waals surface area contributed by atoms with Crippen molar-refractivity contribution < 1.29 is 19.4 Å². The van der Waals surface area contributed by atoms with E-state index in [1.54, 1.807) is 12.1 Å². The third-order valence-corrected chi connectivity index (χ3v) is 6.15. The fraction of sp³-hybridized carbons (Fsp3) is 0.579. The number of piperidine rings is 1. The molecule has 1 aromatic rings. The van der Waals surface area contributed by atoms with Crippen molar-refractivity contribution in [2.75, 3.05) is 20.2 Å². The van der Waals surface area contributed by atoms with Gasteiger partial charge >= 0.3 is 5.97 Å². The summed E-state index contributed by atoms with van der Waals surface area (Å²) >= 11 is 0. The number of likely N-dealkylation sites (tertiary alicyclic amines) is 1. The molecule has 24 heavy (non-hydrogen) atoms. The van der Waals surface area contributed by atoms with Gasteiger partial charge in [-0.15, -0.1) is 0 Å². The van der Waals surface area contributed by atoms with Gasteiger partial charge in [0.2, 0.25) is 5.91 Å². The number of rotatable bonds is 3. The number of benzene rings is 1. The predicted octanol–water partition coefficient (Wildman–Crippen LogP) is 2.30. The van der Waals surface area contributed by atoms with Crippen LogP contribution in [0.2, 0.25) is 0 Å². The Bertz CT molecular complexity index is 678. The quantitative estimate of drug-likeness (QED) is 0.864. The maximum Gasteiger partial charge on any atom is 0.309 e. The SMILES string of the molecule is COC(=O)[C@@H]1CC12CCN(C(=O)[C@H]1C[C@@H]1c1cccc(O)c1)CC2.